The van der Waals surface area contributed by atoms with Crippen molar-refractivity contribution in [2.24, 2.45) is 0 Å². The van der Waals surface area contributed by atoms with Crippen LogP contribution in [0.5, 0.6) is 23.0 Å². The van der Waals surface area contributed by atoms with Gasteiger partial charge in [0.15, 0.2) is 51.6 Å². The number of carboxylic acid groups (broad SMARTS) is 4. The van der Waals surface area contributed by atoms with E-state index in [1.807, 2.05) is 0 Å². The quantitative estimate of drug-likeness (QED) is 0.0758. The summed E-state index contributed by atoms with van der Waals surface area (Å²) in [6, 6.07) is 13.5. The maximum absolute atomic E-state index is 12.6. The van der Waals surface area contributed by atoms with E-state index in [-0.39, 0.29) is 70.9 Å². The van der Waals surface area contributed by atoms with Crippen LogP contribution in [0.25, 0.3) is 0 Å². The number of carbonyl (C=O) groups is 8. The standard InChI is InChI=1S/C46H44O16/c1-25-9-33(13-29(17-47)41(25)59-21-37(51)52)45(34-10-26(2)42(30(14-34)18-48)60-22-38(53)54)5-7-46(8-6-45,35-11-27(3)43(31(15-35)19-49)61-23-39(55)56)36-12-28(4)44(32(16-36)20-50)62-24-40(57)58/h9-20H,5-8,21-24H2,1-4H3,(H,51,52)(H,53,54)(H,55,56)(H,57,58). The molecule has 1 fully saturated rings. The molecule has 4 aromatic rings. The lowest BCUT2D eigenvalue weighted by Gasteiger charge is -2.49. The van der Waals surface area contributed by atoms with Crippen molar-refractivity contribution in [3.8, 4) is 23.0 Å². The number of carbonyl (C=O) groups excluding carboxylic acids is 4. The molecule has 0 amide bonds. The maximum atomic E-state index is 12.6. The minimum Gasteiger partial charge on any atom is -0.481 e. The topological polar surface area (TPSA) is 254 Å². The molecular weight excluding hydrogens is 808 g/mol. The van der Waals surface area contributed by atoms with Crippen LogP contribution in [-0.4, -0.2) is 95.9 Å². The Labute approximate surface area is 355 Å². The van der Waals surface area contributed by atoms with Gasteiger partial charge in [0, 0.05) is 10.8 Å². The molecule has 0 saturated heterocycles. The lowest BCUT2D eigenvalue weighted by molar-refractivity contribution is -0.140. The van der Waals surface area contributed by atoms with Gasteiger partial charge in [0.1, 0.15) is 23.0 Å². The van der Waals surface area contributed by atoms with Crippen LogP contribution in [0.4, 0.5) is 0 Å². The van der Waals surface area contributed by atoms with Crippen LogP contribution in [-0.2, 0) is 30.0 Å². The lowest BCUT2D eigenvalue weighted by atomic mass is 9.54. The van der Waals surface area contributed by atoms with Crippen molar-refractivity contribution in [3.63, 3.8) is 0 Å². The van der Waals surface area contributed by atoms with Gasteiger partial charge in [-0.2, -0.15) is 0 Å². The summed E-state index contributed by atoms with van der Waals surface area (Å²) < 4.78 is 22.1. The van der Waals surface area contributed by atoms with Gasteiger partial charge in [0.25, 0.3) is 0 Å². The molecule has 5 rings (SSSR count). The predicted octanol–water partition coefficient (Wildman–Crippen LogP) is 5.87. The van der Waals surface area contributed by atoms with Crippen LogP contribution in [0.2, 0.25) is 0 Å². The Hall–Kier alpha value is -7.36. The molecular formula is C46H44O16. The molecule has 0 spiro atoms. The first-order valence-electron chi connectivity index (χ1n) is 19.2. The van der Waals surface area contributed by atoms with Gasteiger partial charge < -0.3 is 39.4 Å². The lowest BCUT2D eigenvalue weighted by Crippen LogP contribution is -2.42. The average molecular weight is 853 g/mol. The monoisotopic (exact) mass is 852 g/mol. The molecule has 16 nitrogen and oxygen atoms in total. The molecule has 16 heteroatoms. The number of rotatable bonds is 20. The van der Waals surface area contributed by atoms with Gasteiger partial charge in [0.2, 0.25) is 0 Å². The summed E-state index contributed by atoms with van der Waals surface area (Å²) >= 11 is 0. The van der Waals surface area contributed by atoms with Crippen LogP contribution in [0, 0.1) is 27.7 Å². The Morgan fingerprint density at radius 1 is 0.419 bits per heavy atom. The number of hydrogen-bond acceptors (Lipinski definition) is 12. The van der Waals surface area contributed by atoms with Gasteiger partial charge in [-0.1, -0.05) is 24.3 Å². The van der Waals surface area contributed by atoms with Crippen molar-refractivity contribution in [3.05, 3.63) is 115 Å². The van der Waals surface area contributed by atoms with Crippen molar-refractivity contribution in [2.75, 3.05) is 26.4 Å². The summed E-state index contributed by atoms with van der Waals surface area (Å²) in [4.78, 5) is 96.2. The first-order valence-corrected chi connectivity index (χ1v) is 19.2. The second-order valence-corrected chi connectivity index (χ2v) is 15.2. The number of ether oxygens (including phenoxy) is 4. The minimum absolute atomic E-state index is 0.0672. The summed E-state index contributed by atoms with van der Waals surface area (Å²) in [7, 11) is 0. The molecule has 1 aliphatic rings. The van der Waals surface area contributed by atoms with Crippen molar-refractivity contribution in [1.82, 2.24) is 0 Å². The second-order valence-electron chi connectivity index (χ2n) is 15.2. The van der Waals surface area contributed by atoms with E-state index in [1.165, 1.54) is 0 Å². The minimum atomic E-state index is -1.25. The van der Waals surface area contributed by atoms with E-state index in [9.17, 15) is 58.8 Å². The normalized spacial score (nSPS) is 13.9. The molecule has 1 saturated carbocycles. The zero-order chi connectivity index (χ0) is 45.5. The molecule has 0 bridgehead atoms. The molecule has 4 aromatic carbocycles. The zero-order valence-electron chi connectivity index (χ0n) is 34.3. The largest absolute Gasteiger partial charge is 0.481 e. The highest BCUT2D eigenvalue weighted by Gasteiger charge is 2.48. The van der Waals surface area contributed by atoms with Gasteiger partial charge >= 0.3 is 23.9 Å². The van der Waals surface area contributed by atoms with Crippen molar-refractivity contribution in [2.45, 2.75) is 64.2 Å². The number of aryl methyl sites for hydroxylation is 4. The summed E-state index contributed by atoms with van der Waals surface area (Å²) in [5, 5.41) is 37.3. The summed E-state index contributed by atoms with van der Waals surface area (Å²) in [5.74, 6) is -4.74. The second kappa shape index (κ2) is 18.9. The van der Waals surface area contributed by atoms with Crippen LogP contribution < -0.4 is 18.9 Å². The van der Waals surface area contributed by atoms with E-state index in [2.05, 4.69) is 0 Å². The highest BCUT2D eigenvalue weighted by molar-refractivity contribution is 5.85. The predicted molar refractivity (Wildman–Crippen MR) is 219 cm³/mol. The Morgan fingerprint density at radius 3 is 0.774 bits per heavy atom. The van der Waals surface area contributed by atoms with Crippen molar-refractivity contribution >= 4 is 49.0 Å². The highest BCUT2D eigenvalue weighted by Crippen LogP contribution is 2.56. The highest BCUT2D eigenvalue weighted by atomic mass is 16.5. The molecule has 0 atom stereocenters. The van der Waals surface area contributed by atoms with E-state index < -0.39 is 61.1 Å². The fourth-order valence-corrected chi connectivity index (χ4v) is 8.58. The van der Waals surface area contributed by atoms with Gasteiger partial charge in [-0.15, -0.1) is 0 Å². The smallest absolute Gasteiger partial charge is 0.341 e. The zero-order valence-corrected chi connectivity index (χ0v) is 34.3. The van der Waals surface area contributed by atoms with E-state index in [1.54, 1.807) is 76.2 Å². The molecule has 0 heterocycles. The summed E-state index contributed by atoms with van der Waals surface area (Å²) in [6.07, 6.45) is 3.23. The number of benzene rings is 4. The Kier molecular flexibility index (Phi) is 13.9. The molecule has 62 heavy (non-hydrogen) atoms. The average Bonchev–Trinajstić information content (AvgIpc) is 3.23. The fourth-order valence-electron chi connectivity index (χ4n) is 8.58. The number of aliphatic carboxylic acids is 4. The van der Waals surface area contributed by atoms with Crippen LogP contribution in [0.15, 0.2) is 48.5 Å². The van der Waals surface area contributed by atoms with E-state index in [4.69, 9.17) is 18.9 Å². The van der Waals surface area contributed by atoms with Crippen LogP contribution in [0.1, 0.15) is 112 Å². The van der Waals surface area contributed by atoms with Gasteiger partial charge in [0.05, 0.1) is 22.3 Å². The van der Waals surface area contributed by atoms with Crippen molar-refractivity contribution < 1.29 is 77.7 Å². The van der Waals surface area contributed by atoms with E-state index >= 15 is 0 Å². The molecule has 1 aliphatic carbocycles. The number of hydrogen-bond donors (Lipinski definition) is 4. The SMILES string of the molecule is Cc1cc(C2(c3cc(C)c(OCC(=O)O)c(C=O)c3)CCC(c3cc(C)c(OCC(=O)O)c(C=O)c3)(c3cc(C)c(OCC(=O)O)c(C=O)c3)CC2)cc(C=O)c1OCC(=O)O. The first kappa shape index (κ1) is 45.7. The van der Waals surface area contributed by atoms with Gasteiger partial charge in [-0.05, 0) is 122 Å². The molecule has 324 valence electrons. The van der Waals surface area contributed by atoms with E-state index in [0.717, 1.165) is 0 Å². The third-order valence-electron chi connectivity index (χ3n) is 11.2. The fraction of sp³-hybridized carbons (Fsp3) is 0.304. The Morgan fingerprint density at radius 2 is 0.613 bits per heavy atom. The molecule has 0 aliphatic heterocycles. The van der Waals surface area contributed by atoms with Gasteiger partial charge in [-0.25, -0.2) is 19.2 Å². The number of aldehydes is 4. The van der Waals surface area contributed by atoms with Crippen molar-refractivity contribution in [1.29, 1.82) is 0 Å². The first-order chi connectivity index (χ1) is 29.4. The molecule has 0 aromatic heterocycles. The van der Waals surface area contributed by atoms with Gasteiger partial charge in [-0.3, -0.25) is 19.2 Å². The van der Waals surface area contributed by atoms with Crippen LogP contribution in [0.3, 0.4) is 0 Å². The maximum Gasteiger partial charge on any atom is 0.341 e. The third kappa shape index (κ3) is 9.33. The van der Waals surface area contributed by atoms with E-state index in [0.29, 0.717) is 69.7 Å². The number of carboxylic acids is 4. The summed E-state index contributed by atoms with van der Waals surface area (Å²) in [6.45, 7) is 3.81. The summed E-state index contributed by atoms with van der Waals surface area (Å²) in [5.41, 5.74) is 2.43. The molecule has 4 N–H and O–H groups in total. The Balaban J connectivity index is 1.80. The molecule has 0 unspecified atom stereocenters. The third-order valence-corrected chi connectivity index (χ3v) is 11.2. The molecule has 0 radical (unpaired) electrons. The van der Waals surface area contributed by atoms with Crippen LogP contribution >= 0.6 is 0 Å². The Bertz CT molecular complexity index is 2140.